The summed E-state index contributed by atoms with van der Waals surface area (Å²) in [7, 11) is 0. The molecule has 1 fully saturated rings. The molecule has 0 saturated heterocycles. The van der Waals surface area contributed by atoms with E-state index in [-0.39, 0.29) is 0 Å². The zero-order valence-electron chi connectivity index (χ0n) is 16.9. The van der Waals surface area contributed by atoms with Crippen LogP contribution in [0.2, 0.25) is 0 Å². The van der Waals surface area contributed by atoms with Crippen molar-refractivity contribution in [2.75, 3.05) is 6.61 Å². The van der Waals surface area contributed by atoms with E-state index in [0.29, 0.717) is 5.92 Å². The third-order valence-corrected chi connectivity index (χ3v) is 5.80. The van der Waals surface area contributed by atoms with Crippen molar-refractivity contribution in [1.29, 1.82) is 0 Å². The first kappa shape index (κ1) is 19.7. The lowest BCUT2D eigenvalue weighted by Gasteiger charge is -2.27. The third kappa shape index (κ3) is 5.95. The Morgan fingerprint density at radius 1 is 0.963 bits per heavy atom. The lowest BCUT2D eigenvalue weighted by atomic mass is 9.78. The predicted molar refractivity (Wildman–Crippen MR) is 115 cm³/mol. The molecule has 0 bridgehead atoms. The Balaban J connectivity index is 1.53. The highest BCUT2D eigenvalue weighted by molar-refractivity contribution is 5.68. The van der Waals surface area contributed by atoms with E-state index in [2.05, 4.69) is 61.4 Å². The second kappa shape index (κ2) is 10.3. The van der Waals surface area contributed by atoms with Crippen molar-refractivity contribution in [3.63, 3.8) is 0 Å². The average Bonchev–Trinajstić information content (AvgIpc) is 2.74. The quantitative estimate of drug-likeness (QED) is 0.466. The molecular weight excluding hydrogens is 330 g/mol. The summed E-state index contributed by atoms with van der Waals surface area (Å²) < 4.78 is 5.71. The van der Waals surface area contributed by atoms with Gasteiger partial charge in [-0.3, -0.25) is 4.98 Å². The van der Waals surface area contributed by atoms with Gasteiger partial charge in [0.15, 0.2) is 0 Å². The summed E-state index contributed by atoms with van der Waals surface area (Å²) in [5, 5.41) is 0. The number of pyridine rings is 1. The van der Waals surface area contributed by atoms with E-state index in [1.807, 2.05) is 12.1 Å². The minimum atomic E-state index is 0.707. The number of unbranched alkanes of at least 4 members (excludes halogenated alkanes) is 1. The Labute approximate surface area is 164 Å². The predicted octanol–water partition coefficient (Wildman–Crippen LogP) is 7.11. The van der Waals surface area contributed by atoms with Crippen molar-refractivity contribution in [2.45, 2.75) is 64.7 Å². The lowest BCUT2D eigenvalue weighted by molar-refractivity contribution is 0.309. The first-order valence-corrected chi connectivity index (χ1v) is 10.7. The lowest BCUT2D eigenvalue weighted by Crippen LogP contribution is -2.12. The molecule has 0 amide bonds. The molecule has 0 N–H and O–H groups in total. The maximum absolute atomic E-state index is 5.71. The van der Waals surface area contributed by atoms with Gasteiger partial charge in [-0.2, -0.15) is 0 Å². The van der Waals surface area contributed by atoms with Gasteiger partial charge in [0.2, 0.25) is 0 Å². The molecule has 0 spiro atoms. The summed E-state index contributed by atoms with van der Waals surface area (Å²) in [6.07, 6.45) is 15.3. The van der Waals surface area contributed by atoms with Crippen molar-refractivity contribution >= 4 is 12.2 Å². The van der Waals surface area contributed by atoms with E-state index in [0.717, 1.165) is 36.8 Å². The van der Waals surface area contributed by atoms with Crippen LogP contribution in [0.4, 0.5) is 0 Å². The number of hydrogen-bond acceptors (Lipinski definition) is 2. The molecule has 0 unspecified atom stereocenters. The highest BCUT2D eigenvalue weighted by Crippen LogP contribution is 2.36. The van der Waals surface area contributed by atoms with Crippen LogP contribution in [0.5, 0.6) is 5.75 Å². The summed E-state index contributed by atoms with van der Waals surface area (Å²) >= 11 is 0. The second-order valence-corrected chi connectivity index (χ2v) is 7.75. The molecule has 1 heterocycles. The normalized spacial score (nSPS) is 20.1. The summed E-state index contributed by atoms with van der Waals surface area (Å²) in [4.78, 5) is 4.66. The van der Waals surface area contributed by atoms with Crippen LogP contribution in [-0.2, 0) is 0 Å². The van der Waals surface area contributed by atoms with E-state index in [1.54, 1.807) is 0 Å². The molecule has 1 saturated carbocycles. The van der Waals surface area contributed by atoms with Gasteiger partial charge in [-0.15, -0.1) is 0 Å². The second-order valence-electron chi connectivity index (χ2n) is 7.75. The van der Waals surface area contributed by atoms with Gasteiger partial charge in [0.1, 0.15) is 5.75 Å². The molecule has 0 aliphatic heterocycles. The number of aromatic nitrogens is 1. The topological polar surface area (TPSA) is 22.1 Å². The van der Waals surface area contributed by atoms with Gasteiger partial charge in [0.05, 0.1) is 12.3 Å². The zero-order valence-corrected chi connectivity index (χ0v) is 16.9. The number of benzene rings is 1. The molecule has 2 aromatic rings. The van der Waals surface area contributed by atoms with Crippen LogP contribution in [0.25, 0.3) is 12.2 Å². The van der Waals surface area contributed by atoms with Crippen molar-refractivity contribution in [2.24, 2.45) is 5.92 Å². The molecule has 27 heavy (non-hydrogen) atoms. The van der Waals surface area contributed by atoms with Crippen molar-refractivity contribution in [3.8, 4) is 5.75 Å². The van der Waals surface area contributed by atoms with E-state index >= 15 is 0 Å². The molecule has 1 aliphatic carbocycles. The van der Waals surface area contributed by atoms with E-state index in [4.69, 9.17) is 4.74 Å². The van der Waals surface area contributed by atoms with Crippen LogP contribution in [0.3, 0.4) is 0 Å². The van der Waals surface area contributed by atoms with Gasteiger partial charge >= 0.3 is 0 Å². The highest BCUT2D eigenvalue weighted by Gasteiger charge is 2.21. The summed E-state index contributed by atoms with van der Waals surface area (Å²) in [5.74, 6) is 2.60. The fourth-order valence-electron chi connectivity index (χ4n) is 3.85. The molecule has 1 aliphatic rings. The molecular formula is C25H33NO. The van der Waals surface area contributed by atoms with E-state index < -0.39 is 0 Å². The number of nitrogens with zero attached hydrogens (tertiary/aromatic N) is 1. The van der Waals surface area contributed by atoms with Gasteiger partial charge < -0.3 is 4.74 Å². The SMILES string of the molecule is CCCCOc1ccc(C=Cc2ccc([C@H]3CC[C@H](CC)CC3)cn2)cc1. The Hall–Kier alpha value is -2.09. The van der Waals surface area contributed by atoms with Crippen LogP contribution in [0.1, 0.15) is 81.5 Å². The molecule has 2 nitrogen and oxygen atoms in total. The van der Waals surface area contributed by atoms with Gasteiger partial charge in [0, 0.05) is 6.20 Å². The molecule has 1 aromatic carbocycles. The van der Waals surface area contributed by atoms with Crippen LogP contribution in [0, 0.1) is 5.92 Å². The number of hydrogen-bond donors (Lipinski definition) is 0. The zero-order chi connectivity index (χ0) is 18.9. The van der Waals surface area contributed by atoms with E-state index in [1.165, 1.54) is 43.2 Å². The monoisotopic (exact) mass is 363 g/mol. The van der Waals surface area contributed by atoms with Crippen LogP contribution in [-0.4, -0.2) is 11.6 Å². The first-order chi connectivity index (χ1) is 13.3. The molecule has 1 aromatic heterocycles. The van der Waals surface area contributed by atoms with Crippen molar-refractivity contribution in [3.05, 3.63) is 59.4 Å². The van der Waals surface area contributed by atoms with Crippen LogP contribution >= 0.6 is 0 Å². The highest BCUT2D eigenvalue weighted by atomic mass is 16.5. The minimum Gasteiger partial charge on any atom is -0.494 e. The summed E-state index contributed by atoms with van der Waals surface area (Å²) in [5.41, 5.74) is 3.60. The maximum atomic E-state index is 5.71. The largest absolute Gasteiger partial charge is 0.494 e. The molecule has 0 radical (unpaired) electrons. The minimum absolute atomic E-state index is 0.707. The standard InChI is InChI=1S/C25H33NO/c1-3-5-18-27-25-16-9-21(10-17-25)8-14-24-15-13-23(19-26-24)22-11-6-20(4-2)7-12-22/h8-10,13-17,19-20,22H,3-7,11-12,18H2,1-2H3/t20-,22-. The molecule has 144 valence electrons. The van der Waals surface area contributed by atoms with Gasteiger partial charge in [-0.05, 0) is 79.3 Å². The Bertz CT molecular complexity index is 694. The summed E-state index contributed by atoms with van der Waals surface area (Å²) in [6, 6.07) is 12.7. The van der Waals surface area contributed by atoms with Crippen LogP contribution < -0.4 is 4.74 Å². The van der Waals surface area contributed by atoms with Gasteiger partial charge in [-0.1, -0.05) is 51.0 Å². The maximum Gasteiger partial charge on any atom is 0.119 e. The van der Waals surface area contributed by atoms with Crippen LogP contribution in [0.15, 0.2) is 42.6 Å². The molecule has 2 heteroatoms. The summed E-state index contributed by atoms with van der Waals surface area (Å²) in [6.45, 7) is 5.29. The number of rotatable bonds is 8. The fourth-order valence-corrected chi connectivity index (χ4v) is 3.85. The van der Waals surface area contributed by atoms with E-state index in [9.17, 15) is 0 Å². The smallest absolute Gasteiger partial charge is 0.119 e. The van der Waals surface area contributed by atoms with Gasteiger partial charge in [-0.25, -0.2) is 0 Å². The third-order valence-electron chi connectivity index (χ3n) is 5.80. The molecule has 3 rings (SSSR count). The Kier molecular flexibility index (Phi) is 7.50. The van der Waals surface area contributed by atoms with Crippen molar-refractivity contribution in [1.82, 2.24) is 4.98 Å². The Morgan fingerprint density at radius 3 is 2.37 bits per heavy atom. The van der Waals surface area contributed by atoms with Gasteiger partial charge in [0.25, 0.3) is 0 Å². The van der Waals surface area contributed by atoms with Crippen molar-refractivity contribution < 1.29 is 4.74 Å². The first-order valence-electron chi connectivity index (χ1n) is 10.7. The Morgan fingerprint density at radius 2 is 1.74 bits per heavy atom. The average molecular weight is 364 g/mol. The molecule has 0 atom stereocenters. The fraction of sp³-hybridized carbons (Fsp3) is 0.480. The number of ether oxygens (including phenoxy) is 1.